The van der Waals surface area contributed by atoms with Gasteiger partial charge >= 0.3 is 5.97 Å². The van der Waals surface area contributed by atoms with Crippen LogP contribution in [0.15, 0.2) is 34.2 Å². The second kappa shape index (κ2) is 11.2. The number of hydrogen-bond acceptors (Lipinski definition) is 7. The predicted octanol–water partition coefficient (Wildman–Crippen LogP) is 2.48. The van der Waals surface area contributed by atoms with Crippen molar-refractivity contribution in [3.05, 3.63) is 34.9 Å². The molecule has 3 rings (SSSR count). The van der Waals surface area contributed by atoms with E-state index in [2.05, 4.69) is 5.32 Å². The molecular formula is C22H29N3O6S2. The van der Waals surface area contributed by atoms with Crippen LogP contribution in [0.1, 0.15) is 38.2 Å². The van der Waals surface area contributed by atoms with Gasteiger partial charge in [-0.1, -0.05) is 30.7 Å². The number of nitrogens with one attached hydrogen (secondary N) is 1. The Balaban J connectivity index is 1.74. The van der Waals surface area contributed by atoms with Crippen molar-refractivity contribution < 1.29 is 27.5 Å². The molecule has 33 heavy (non-hydrogen) atoms. The fourth-order valence-electron chi connectivity index (χ4n) is 3.71. The lowest BCUT2D eigenvalue weighted by atomic mass is 10.2. The lowest BCUT2D eigenvalue weighted by Crippen LogP contribution is -2.34. The van der Waals surface area contributed by atoms with E-state index in [1.807, 2.05) is 0 Å². The minimum absolute atomic E-state index is 0.126. The molecule has 2 amide bonds. The molecule has 2 fully saturated rings. The van der Waals surface area contributed by atoms with Crippen molar-refractivity contribution in [3.8, 4) is 0 Å². The molecule has 9 nitrogen and oxygen atoms in total. The summed E-state index contributed by atoms with van der Waals surface area (Å²) in [6, 6.07) is 4.75. The third kappa shape index (κ3) is 6.36. The first-order valence-corrected chi connectivity index (χ1v) is 13.4. The number of anilines is 1. The Kier molecular flexibility index (Phi) is 8.55. The molecule has 0 spiro atoms. The molecule has 2 heterocycles. The monoisotopic (exact) mass is 495 g/mol. The minimum Gasteiger partial charge on any atom is -0.463 e. The van der Waals surface area contributed by atoms with Crippen LogP contribution in [0.25, 0.3) is 0 Å². The van der Waals surface area contributed by atoms with Gasteiger partial charge in [-0.15, -0.1) is 0 Å². The molecule has 2 aliphatic heterocycles. The molecule has 2 aliphatic rings. The fourth-order valence-corrected chi connectivity index (χ4v) is 6.40. The number of carbonyl (C=O) groups is 3. The van der Waals surface area contributed by atoms with Crippen molar-refractivity contribution in [1.82, 2.24) is 9.21 Å². The van der Waals surface area contributed by atoms with Gasteiger partial charge in [0.15, 0.2) is 0 Å². The summed E-state index contributed by atoms with van der Waals surface area (Å²) >= 11 is 1.16. The van der Waals surface area contributed by atoms with E-state index in [9.17, 15) is 22.8 Å². The lowest BCUT2D eigenvalue weighted by Gasteiger charge is -2.22. The number of hydrogen-bond donors (Lipinski definition) is 1. The maximum atomic E-state index is 13.2. The number of rotatable bonds is 7. The number of benzene rings is 1. The summed E-state index contributed by atoms with van der Waals surface area (Å²) < 4.78 is 32.8. The number of ether oxygens (including phenoxy) is 1. The zero-order valence-corrected chi connectivity index (χ0v) is 20.5. The van der Waals surface area contributed by atoms with E-state index >= 15 is 0 Å². The largest absolute Gasteiger partial charge is 0.463 e. The van der Waals surface area contributed by atoms with Gasteiger partial charge in [-0.3, -0.25) is 14.5 Å². The van der Waals surface area contributed by atoms with Crippen LogP contribution in [0.3, 0.4) is 0 Å². The lowest BCUT2D eigenvalue weighted by molar-refractivity contribution is -0.137. The van der Waals surface area contributed by atoms with Gasteiger partial charge in [0.25, 0.3) is 0 Å². The van der Waals surface area contributed by atoms with Crippen LogP contribution in [0.2, 0.25) is 0 Å². The van der Waals surface area contributed by atoms with E-state index < -0.39 is 21.9 Å². The van der Waals surface area contributed by atoms with Crippen LogP contribution in [-0.2, 0) is 29.1 Å². The number of carbonyl (C=O) groups excluding carboxylic acids is 3. The van der Waals surface area contributed by atoms with Gasteiger partial charge in [-0.2, -0.15) is 4.31 Å². The zero-order valence-electron chi connectivity index (χ0n) is 18.8. The SMILES string of the molecule is CCOC(=O)C=C1SCC(=O)N1CC(=O)Nc1ccc(C)c(S(=O)(=O)N2CCCCCC2)c1. The van der Waals surface area contributed by atoms with E-state index in [1.165, 1.54) is 21.3 Å². The second-order valence-electron chi connectivity index (χ2n) is 7.85. The predicted molar refractivity (Wildman–Crippen MR) is 126 cm³/mol. The Labute approximate surface area is 198 Å². The Morgan fingerprint density at radius 3 is 2.55 bits per heavy atom. The molecule has 1 N–H and O–H groups in total. The highest BCUT2D eigenvalue weighted by Gasteiger charge is 2.30. The number of thioether (sulfide) groups is 1. The third-order valence-corrected chi connectivity index (χ3v) is 8.46. The van der Waals surface area contributed by atoms with Gasteiger partial charge in [-0.25, -0.2) is 13.2 Å². The highest BCUT2D eigenvalue weighted by molar-refractivity contribution is 8.04. The first kappa shape index (κ1) is 25.3. The maximum absolute atomic E-state index is 13.2. The second-order valence-corrected chi connectivity index (χ2v) is 10.8. The van der Waals surface area contributed by atoms with Crippen LogP contribution in [-0.4, -0.2) is 67.4 Å². The van der Waals surface area contributed by atoms with E-state index in [-0.39, 0.29) is 29.7 Å². The first-order chi connectivity index (χ1) is 15.7. The quantitative estimate of drug-likeness (QED) is 0.457. The molecular weight excluding hydrogens is 466 g/mol. The summed E-state index contributed by atoms with van der Waals surface area (Å²) in [6.07, 6.45) is 4.89. The van der Waals surface area contributed by atoms with Crippen molar-refractivity contribution in [2.75, 3.05) is 37.3 Å². The molecule has 0 saturated carbocycles. The maximum Gasteiger partial charge on any atom is 0.333 e. The van der Waals surface area contributed by atoms with E-state index in [1.54, 1.807) is 26.0 Å². The molecule has 0 aromatic heterocycles. The minimum atomic E-state index is -3.68. The molecule has 2 saturated heterocycles. The van der Waals surface area contributed by atoms with Gasteiger partial charge in [0.2, 0.25) is 21.8 Å². The van der Waals surface area contributed by atoms with Crippen LogP contribution >= 0.6 is 11.8 Å². The van der Waals surface area contributed by atoms with Crippen molar-refractivity contribution >= 4 is 45.3 Å². The number of aryl methyl sites for hydroxylation is 1. The fraction of sp³-hybridized carbons (Fsp3) is 0.500. The molecule has 0 bridgehead atoms. The zero-order chi connectivity index (χ0) is 24.0. The number of amides is 2. The summed E-state index contributed by atoms with van der Waals surface area (Å²) in [5.74, 6) is -1.25. The van der Waals surface area contributed by atoms with Crippen LogP contribution in [0.5, 0.6) is 0 Å². The molecule has 1 aromatic carbocycles. The normalized spacial score (nSPS) is 18.9. The average molecular weight is 496 g/mol. The van der Waals surface area contributed by atoms with Crippen molar-refractivity contribution in [2.24, 2.45) is 0 Å². The van der Waals surface area contributed by atoms with Crippen LogP contribution in [0, 0.1) is 6.92 Å². The van der Waals surface area contributed by atoms with E-state index in [0.29, 0.717) is 29.4 Å². The highest BCUT2D eigenvalue weighted by atomic mass is 32.2. The van der Waals surface area contributed by atoms with E-state index in [0.717, 1.165) is 37.4 Å². The Hall–Kier alpha value is -2.37. The first-order valence-electron chi connectivity index (χ1n) is 10.9. The van der Waals surface area contributed by atoms with Crippen molar-refractivity contribution in [2.45, 2.75) is 44.4 Å². The smallest absolute Gasteiger partial charge is 0.333 e. The van der Waals surface area contributed by atoms with Gasteiger partial charge in [0.1, 0.15) is 6.54 Å². The molecule has 1 aromatic rings. The molecule has 0 radical (unpaired) electrons. The Morgan fingerprint density at radius 1 is 1.18 bits per heavy atom. The molecule has 0 aliphatic carbocycles. The number of esters is 1. The van der Waals surface area contributed by atoms with E-state index in [4.69, 9.17) is 4.74 Å². The van der Waals surface area contributed by atoms with Crippen molar-refractivity contribution in [1.29, 1.82) is 0 Å². The molecule has 11 heteroatoms. The molecule has 0 atom stereocenters. The Morgan fingerprint density at radius 2 is 1.88 bits per heavy atom. The number of nitrogens with zero attached hydrogens (tertiary/aromatic N) is 2. The Bertz CT molecular complexity index is 1050. The topological polar surface area (TPSA) is 113 Å². The van der Waals surface area contributed by atoms with Gasteiger partial charge in [-0.05, 0) is 44.4 Å². The summed E-state index contributed by atoms with van der Waals surface area (Å²) in [6.45, 7) is 4.29. The summed E-state index contributed by atoms with van der Waals surface area (Å²) in [7, 11) is -3.68. The molecule has 0 unspecified atom stereocenters. The average Bonchev–Trinajstić information content (AvgIpc) is 2.97. The van der Waals surface area contributed by atoms with Crippen molar-refractivity contribution in [3.63, 3.8) is 0 Å². The third-order valence-electron chi connectivity index (χ3n) is 5.40. The van der Waals surface area contributed by atoms with Crippen LogP contribution < -0.4 is 5.32 Å². The van der Waals surface area contributed by atoms with Gasteiger partial charge < -0.3 is 10.1 Å². The van der Waals surface area contributed by atoms with Crippen LogP contribution in [0.4, 0.5) is 5.69 Å². The number of sulfonamides is 1. The van der Waals surface area contributed by atoms with Gasteiger partial charge in [0.05, 0.1) is 28.4 Å². The standard InChI is InChI=1S/C22H29N3O6S2/c1-3-31-22(28)13-21-25(20(27)15-32-21)14-19(26)23-17-9-8-16(2)18(12-17)33(29,30)24-10-6-4-5-7-11-24/h8-9,12-13H,3-7,10-11,14-15H2,1-2H3,(H,23,26). The molecule has 180 valence electrons. The summed E-state index contributed by atoms with van der Waals surface area (Å²) in [5, 5.41) is 3.02. The summed E-state index contributed by atoms with van der Waals surface area (Å²) in [5.41, 5.74) is 0.928. The summed E-state index contributed by atoms with van der Waals surface area (Å²) in [4.78, 5) is 38.0. The van der Waals surface area contributed by atoms with Gasteiger partial charge in [0, 0.05) is 18.8 Å². The highest BCUT2D eigenvalue weighted by Crippen LogP contribution is 2.29.